The second-order valence-electron chi connectivity index (χ2n) is 9.19. The van der Waals surface area contributed by atoms with Crippen LogP contribution in [0, 0.1) is 23.2 Å². The van der Waals surface area contributed by atoms with Crippen LogP contribution in [-0.4, -0.2) is 39.0 Å². The quantitative estimate of drug-likeness (QED) is 0.533. The predicted molar refractivity (Wildman–Crippen MR) is 111 cm³/mol. The van der Waals surface area contributed by atoms with Crippen LogP contribution in [0.3, 0.4) is 0 Å². The first-order valence-electron chi connectivity index (χ1n) is 10.7. The van der Waals surface area contributed by atoms with E-state index >= 15 is 0 Å². The maximum absolute atomic E-state index is 12.4. The van der Waals surface area contributed by atoms with Crippen molar-refractivity contribution in [3.8, 4) is 11.5 Å². The molecule has 0 unspecified atom stereocenters. The summed E-state index contributed by atoms with van der Waals surface area (Å²) in [7, 11) is 3.18. The van der Waals surface area contributed by atoms with Gasteiger partial charge in [-0.3, -0.25) is 4.79 Å². The van der Waals surface area contributed by atoms with E-state index in [1.54, 1.807) is 32.6 Å². The van der Waals surface area contributed by atoms with Gasteiger partial charge in [0.1, 0.15) is 0 Å². The highest BCUT2D eigenvalue weighted by atomic mass is 16.6. The lowest BCUT2D eigenvalue weighted by atomic mass is 9.48. The summed E-state index contributed by atoms with van der Waals surface area (Å²) in [4.78, 5) is 17.6. The summed E-state index contributed by atoms with van der Waals surface area (Å²) in [5, 5.41) is 7.12. The van der Waals surface area contributed by atoms with Crippen LogP contribution in [0.25, 0.3) is 0 Å². The minimum Gasteiger partial charge on any atom is -0.493 e. The first-order valence-corrected chi connectivity index (χ1v) is 10.7. The largest absolute Gasteiger partial charge is 0.493 e. The van der Waals surface area contributed by atoms with Gasteiger partial charge in [0, 0.05) is 11.6 Å². The van der Waals surface area contributed by atoms with Gasteiger partial charge in [0.15, 0.2) is 18.1 Å². The maximum Gasteiger partial charge on any atom is 0.261 e. The van der Waals surface area contributed by atoms with E-state index in [0.717, 1.165) is 23.3 Å². The van der Waals surface area contributed by atoms with Crippen LogP contribution in [0.4, 0.5) is 0 Å². The molecule has 1 atom stereocenters. The second-order valence-corrected chi connectivity index (χ2v) is 9.19. The molecule has 5 rings (SSSR count). The molecule has 0 aromatic heterocycles. The molecule has 1 N–H and O–H groups in total. The Balaban J connectivity index is 1.27. The van der Waals surface area contributed by atoms with Gasteiger partial charge in [-0.15, -0.1) is 0 Å². The summed E-state index contributed by atoms with van der Waals surface area (Å²) in [6.45, 7) is 2.11. The zero-order chi connectivity index (χ0) is 20.4. The number of hydrogen-bond donors (Lipinski definition) is 1. The van der Waals surface area contributed by atoms with Crippen molar-refractivity contribution in [2.75, 3.05) is 20.8 Å². The fourth-order valence-corrected chi connectivity index (χ4v) is 6.27. The Morgan fingerprint density at radius 3 is 2.34 bits per heavy atom. The fourth-order valence-electron chi connectivity index (χ4n) is 6.27. The summed E-state index contributed by atoms with van der Waals surface area (Å²) in [5.74, 6) is 3.81. The van der Waals surface area contributed by atoms with Gasteiger partial charge in [0.25, 0.3) is 5.91 Å². The van der Waals surface area contributed by atoms with Gasteiger partial charge in [0.05, 0.1) is 20.4 Å². The van der Waals surface area contributed by atoms with Crippen molar-refractivity contribution in [2.24, 2.45) is 28.3 Å². The van der Waals surface area contributed by atoms with E-state index in [1.807, 2.05) is 6.07 Å². The molecule has 0 spiro atoms. The summed E-state index contributed by atoms with van der Waals surface area (Å²) in [6, 6.07) is 5.66. The molecule has 158 valence electrons. The SMILES string of the molecule is COc1ccc(/C=N\OCC(=O)N[C@@H](C)C23CC4CC(CC(C4)C2)C3)cc1OC. The average Bonchev–Trinajstić information content (AvgIpc) is 2.70. The van der Waals surface area contributed by atoms with Crippen LogP contribution in [-0.2, 0) is 9.63 Å². The average molecular weight is 401 g/mol. The third-order valence-corrected chi connectivity index (χ3v) is 7.26. The van der Waals surface area contributed by atoms with Gasteiger partial charge in [-0.1, -0.05) is 5.16 Å². The van der Waals surface area contributed by atoms with Gasteiger partial charge in [-0.25, -0.2) is 0 Å². The maximum atomic E-state index is 12.4. The fraction of sp³-hybridized carbons (Fsp3) is 0.652. The zero-order valence-corrected chi connectivity index (χ0v) is 17.6. The number of carbonyl (C=O) groups is 1. The van der Waals surface area contributed by atoms with Gasteiger partial charge in [0.2, 0.25) is 0 Å². The predicted octanol–water partition coefficient (Wildman–Crippen LogP) is 3.78. The van der Waals surface area contributed by atoms with E-state index in [1.165, 1.54) is 38.5 Å². The molecule has 4 saturated carbocycles. The molecule has 4 aliphatic carbocycles. The highest BCUT2D eigenvalue weighted by molar-refractivity contribution is 5.81. The van der Waals surface area contributed by atoms with E-state index in [-0.39, 0.29) is 18.6 Å². The van der Waals surface area contributed by atoms with Crippen molar-refractivity contribution >= 4 is 12.1 Å². The number of oxime groups is 1. The molecular formula is C23H32N2O4. The molecule has 4 aliphatic rings. The van der Waals surface area contributed by atoms with Crippen molar-refractivity contribution in [1.29, 1.82) is 0 Å². The highest BCUT2D eigenvalue weighted by Crippen LogP contribution is 2.61. The molecule has 29 heavy (non-hydrogen) atoms. The molecule has 6 heteroatoms. The number of carbonyl (C=O) groups excluding carboxylic acids is 1. The molecule has 4 bridgehead atoms. The lowest BCUT2D eigenvalue weighted by Gasteiger charge is -2.59. The minimum absolute atomic E-state index is 0.0690. The topological polar surface area (TPSA) is 69.2 Å². The van der Waals surface area contributed by atoms with E-state index in [0.29, 0.717) is 16.9 Å². The van der Waals surface area contributed by atoms with E-state index in [9.17, 15) is 4.79 Å². The van der Waals surface area contributed by atoms with Crippen molar-refractivity contribution < 1.29 is 19.1 Å². The Morgan fingerprint density at radius 2 is 1.76 bits per heavy atom. The Hall–Kier alpha value is -2.24. The van der Waals surface area contributed by atoms with Crippen molar-refractivity contribution in [2.45, 2.75) is 51.5 Å². The third kappa shape index (κ3) is 4.21. The summed E-state index contributed by atoms with van der Waals surface area (Å²) < 4.78 is 10.5. The molecular weight excluding hydrogens is 368 g/mol. The summed E-state index contributed by atoms with van der Waals surface area (Å²) in [6.07, 6.45) is 9.63. The molecule has 4 fully saturated rings. The van der Waals surface area contributed by atoms with Gasteiger partial charge in [-0.2, -0.15) is 0 Å². The lowest BCUT2D eigenvalue weighted by molar-refractivity contribution is -0.130. The Kier molecular flexibility index (Phi) is 5.70. The van der Waals surface area contributed by atoms with Crippen LogP contribution in [0.15, 0.2) is 23.4 Å². The van der Waals surface area contributed by atoms with Crippen molar-refractivity contribution in [3.05, 3.63) is 23.8 Å². The summed E-state index contributed by atoms with van der Waals surface area (Å²) in [5.41, 5.74) is 1.11. The van der Waals surface area contributed by atoms with E-state index < -0.39 is 0 Å². The number of rotatable bonds is 8. The molecule has 0 heterocycles. The van der Waals surface area contributed by atoms with Gasteiger partial charge >= 0.3 is 0 Å². The van der Waals surface area contributed by atoms with Crippen molar-refractivity contribution in [1.82, 2.24) is 5.32 Å². The standard InChI is InChI=1S/C23H32N2O4/c1-15(23-10-17-6-18(11-23)8-19(7-17)12-23)25-22(26)14-29-24-13-16-4-5-20(27-2)21(9-16)28-3/h4-5,9,13,15,17-19H,6-8,10-12,14H2,1-3H3,(H,25,26)/b24-13-/t15-,17?,18?,19?,23?/m0/s1. The van der Waals surface area contributed by atoms with Crippen LogP contribution in [0.2, 0.25) is 0 Å². The lowest BCUT2D eigenvalue weighted by Crippen LogP contribution is -2.56. The summed E-state index contributed by atoms with van der Waals surface area (Å²) >= 11 is 0. The molecule has 1 aromatic carbocycles. The van der Waals surface area contributed by atoms with Gasteiger partial charge < -0.3 is 19.6 Å². The molecule has 1 amide bonds. The van der Waals surface area contributed by atoms with E-state index in [2.05, 4.69) is 17.4 Å². The number of ether oxygens (including phenoxy) is 2. The Labute approximate surface area is 173 Å². The highest BCUT2D eigenvalue weighted by Gasteiger charge is 2.53. The molecule has 1 aromatic rings. The minimum atomic E-state index is -0.0993. The molecule has 0 saturated heterocycles. The Morgan fingerprint density at radius 1 is 1.14 bits per heavy atom. The number of methoxy groups -OCH3 is 2. The first-order chi connectivity index (χ1) is 14.0. The monoisotopic (exact) mass is 400 g/mol. The number of nitrogens with zero attached hydrogens (tertiary/aromatic N) is 1. The van der Waals surface area contributed by atoms with Crippen LogP contribution >= 0.6 is 0 Å². The first kappa shape index (κ1) is 20.0. The molecule has 0 radical (unpaired) electrons. The van der Waals surface area contributed by atoms with Crippen molar-refractivity contribution in [3.63, 3.8) is 0 Å². The molecule has 0 aliphatic heterocycles. The van der Waals surface area contributed by atoms with Crippen LogP contribution < -0.4 is 14.8 Å². The number of benzene rings is 1. The third-order valence-electron chi connectivity index (χ3n) is 7.26. The van der Waals surface area contributed by atoms with Crippen LogP contribution in [0.1, 0.15) is 51.0 Å². The second kappa shape index (κ2) is 8.25. The van der Waals surface area contributed by atoms with Crippen LogP contribution in [0.5, 0.6) is 11.5 Å². The number of nitrogens with one attached hydrogen (secondary N) is 1. The number of amides is 1. The smallest absolute Gasteiger partial charge is 0.261 e. The Bertz CT molecular complexity index is 741. The van der Waals surface area contributed by atoms with Gasteiger partial charge in [-0.05, 0) is 86.8 Å². The normalized spacial score (nSPS) is 30.9. The molecule has 6 nitrogen and oxygen atoms in total. The number of hydrogen-bond acceptors (Lipinski definition) is 5. The zero-order valence-electron chi connectivity index (χ0n) is 17.6. The van der Waals surface area contributed by atoms with E-state index in [4.69, 9.17) is 14.3 Å².